The Morgan fingerprint density at radius 1 is 1.32 bits per heavy atom. The van der Waals surface area contributed by atoms with Crippen LogP contribution in [0.3, 0.4) is 0 Å². The molecule has 0 fully saturated rings. The Balaban J connectivity index is 2.59. The molecule has 5 N–H and O–H groups in total. The lowest BCUT2D eigenvalue weighted by Crippen LogP contribution is -2.61. The zero-order valence-corrected chi connectivity index (χ0v) is 16.6. The van der Waals surface area contributed by atoms with Crippen molar-refractivity contribution in [3.8, 4) is 17.6 Å². The van der Waals surface area contributed by atoms with E-state index in [4.69, 9.17) is 15.7 Å². The lowest BCUT2D eigenvalue weighted by atomic mass is 9.95. The van der Waals surface area contributed by atoms with Crippen molar-refractivity contribution < 1.29 is 19.5 Å². The molecule has 0 unspecified atom stereocenters. The number of allylic oxidation sites excluding steroid dienone is 1. The second kappa shape index (κ2) is 11.8. The number of hydrogen-bond donors (Lipinski definition) is 4. The zero-order chi connectivity index (χ0) is 21.0. The van der Waals surface area contributed by atoms with E-state index >= 15 is 0 Å². The zero-order valence-electron chi connectivity index (χ0n) is 16.6. The monoisotopic (exact) mass is 387 g/mol. The fourth-order valence-electron chi connectivity index (χ4n) is 2.22. The molecule has 0 heterocycles. The molecular weight excluding hydrogens is 358 g/mol. The molecule has 0 saturated heterocycles. The fraction of sp³-hybridized carbons (Fsp3) is 0.429. The first-order valence-corrected chi connectivity index (χ1v) is 9.19. The van der Waals surface area contributed by atoms with E-state index in [2.05, 4.69) is 24.1 Å². The molecule has 1 aromatic rings. The molecule has 0 aliphatic heterocycles. The molecule has 1 rings (SSSR count). The van der Waals surface area contributed by atoms with Crippen LogP contribution in [0.25, 0.3) is 0 Å². The van der Waals surface area contributed by atoms with E-state index in [1.165, 1.54) is 5.48 Å². The van der Waals surface area contributed by atoms with Crippen LogP contribution in [0.15, 0.2) is 36.4 Å². The Hall–Kier alpha value is -2.82. The molecule has 0 aromatic heterocycles. The molecule has 1 aromatic carbocycles. The predicted molar refractivity (Wildman–Crippen MR) is 108 cm³/mol. The predicted octanol–water partition coefficient (Wildman–Crippen LogP) is 2.16. The van der Waals surface area contributed by atoms with Gasteiger partial charge >= 0.3 is 0 Å². The highest BCUT2D eigenvalue weighted by molar-refractivity contribution is 5.97. The van der Waals surface area contributed by atoms with Gasteiger partial charge in [0.2, 0.25) is 0 Å². The van der Waals surface area contributed by atoms with Crippen LogP contribution in [0, 0.1) is 11.8 Å². The molecule has 0 saturated carbocycles. The Labute approximate surface area is 166 Å². The quantitative estimate of drug-likeness (QED) is 0.224. The lowest BCUT2D eigenvalue weighted by molar-refractivity contribution is -0.132. The van der Waals surface area contributed by atoms with Crippen molar-refractivity contribution in [3.63, 3.8) is 0 Å². The number of carbonyl (C=O) groups excluding carboxylic acids is 2. The Morgan fingerprint density at radius 3 is 2.57 bits per heavy atom. The van der Waals surface area contributed by atoms with Crippen molar-refractivity contribution in [2.75, 3.05) is 6.61 Å². The van der Waals surface area contributed by atoms with Gasteiger partial charge in [0.15, 0.2) is 0 Å². The largest absolute Gasteiger partial charge is 0.490 e. The Morgan fingerprint density at radius 2 is 2.00 bits per heavy atom. The highest BCUT2D eigenvalue weighted by Crippen LogP contribution is 2.13. The van der Waals surface area contributed by atoms with Crippen molar-refractivity contribution in [1.29, 1.82) is 0 Å². The third-order valence-corrected chi connectivity index (χ3v) is 3.81. The van der Waals surface area contributed by atoms with Gasteiger partial charge < -0.3 is 15.8 Å². The van der Waals surface area contributed by atoms with Gasteiger partial charge in [0.05, 0.1) is 0 Å². The molecule has 2 amide bonds. The second-order valence-corrected chi connectivity index (χ2v) is 6.87. The molecule has 0 aliphatic rings. The van der Waals surface area contributed by atoms with Crippen molar-refractivity contribution >= 4 is 11.8 Å². The van der Waals surface area contributed by atoms with E-state index < -0.39 is 23.4 Å². The van der Waals surface area contributed by atoms with E-state index in [9.17, 15) is 9.59 Å². The second-order valence-electron chi connectivity index (χ2n) is 6.87. The van der Waals surface area contributed by atoms with Gasteiger partial charge in [-0.3, -0.25) is 14.8 Å². The maximum Gasteiger partial charge on any atom is 0.267 e. The van der Waals surface area contributed by atoms with Crippen molar-refractivity contribution in [1.82, 2.24) is 10.8 Å². The fourth-order valence-corrected chi connectivity index (χ4v) is 2.22. The molecule has 0 bridgehead atoms. The van der Waals surface area contributed by atoms with Crippen LogP contribution in [0.2, 0.25) is 0 Å². The highest BCUT2D eigenvalue weighted by atomic mass is 16.5. The van der Waals surface area contributed by atoms with E-state index in [0.29, 0.717) is 17.9 Å². The molecule has 7 heteroatoms. The SMILES string of the molecule is CCCCC#CC=CCOc1ccc(C(=O)N[C@H](C(=O)NO)C(C)(C)N)cc1. The van der Waals surface area contributed by atoms with Crippen LogP contribution in [0.5, 0.6) is 5.75 Å². The number of nitrogens with two attached hydrogens (primary N) is 1. The van der Waals surface area contributed by atoms with Crippen LogP contribution in [0.4, 0.5) is 0 Å². The summed E-state index contributed by atoms with van der Waals surface area (Å²) in [5.41, 5.74) is 6.69. The van der Waals surface area contributed by atoms with Gasteiger partial charge in [0.1, 0.15) is 18.4 Å². The maximum atomic E-state index is 12.3. The van der Waals surface area contributed by atoms with Crippen molar-refractivity contribution in [3.05, 3.63) is 42.0 Å². The molecule has 0 aliphatic carbocycles. The number of hydroxylamine groups is 1. The lowest BCUT2D eigenvalue weighted by Gasteiger charge is -2.29. The van der Waals surface area contributed by atoms with Gasteiger partial charge in [-0.15, -0.1) is 0 Å². The minimum atomic E-state index is -1.09. The van der Waals surface area contributed by atoms with Crippen LogP contribution in [-0.4, -0.2) is 35.2 Å². The average Bonchev–Trinajstić information content (AvgIpc) is 2.67. The molecule has 28 heavy (non-hydrogen) atoms. The highest BCUT2D eigenvalue weighted by Gasteiger charge is 2.33. The summed E-state index contributed by atoms with van der Waals surface area (Å²) in [5.74, 6) is 5.33. The first-order valence-electron chi connectivity index (χ1n) is 9.19. The third kappa shape index (κ3) is 8.25. The van der Waals surface area contributed by atoms with Gasteiger partial charge in [-0.2, -0.15) is 0 Å². The van der Waals surface area contributed by atoms with Gasteiger partial charge in [0, 0.05) is 17.5 Å². The van der Waals surface area contributed by atoms with Crippen molar-refractivity contribution in [2.45, 2.75) is 51.6 Å². The first-order chi connectivity index (χ1) is 13.3. The van der Waals surface area contributed by atoms with Gasteiger partial charge in [-0.25, -0.2) is 5.48 Å². The van der Waals surface area contributed by atoms with Crippen molar-refractivity contribution in [2.24, 2.45) is 5.73 Å². The van der Waals surface area contributed by atoms with E-state index in [0.717, 1.165) is 19.3 Å². The summed E-state index contributed by atoms with van der Waals surface area (Å²) in [6, 6.07) is 5.38. The standard InChI is InChI=1S/C21H29N3O4/c1-4-5-6-7-8-9-10-15-28-17-13-11-16(12-14-17)19(25)23-18(20(26)24-27)21(2,3)22/h9-14,18,27H,4-6,15,22H2,1-3H3,(H,23,25)(H,24,26)/t18-/m1/s1. The van der Waals surface area contributed by atoms with Crippen LogP contribution in [0.1, 0.15) is 50.4 Å². The number of carbonyl (C=O) groups is 2. The molecule has 7 nitrogen and oxygen atoms in total. The Bertz CT molecular complexity index is 725. The van der Waals surface area contributed by atoms with E-state index in [-0.39, 0.29) is 0 Å². The van der Waals surface area contributed by atoms with E-state index in [1.807, 2.05) is 6.08 Å². The summed E-state index contributed by atoms with van der Waals surface area (Å²) in [5, 5.41) is 11.3. The molecule has 152 valence electrons. The minimum Gasteiger partial charge on any atom is -0.490 e. The van der Waals surface area contributed by atoms with Crippen LogP contribution in [-0.2, 0) is 4.79 Å². The van der Waals surface area contributed by atoms with Gasteiger partial charge in [-0.1, -0.05) is 25.2 Å². The number of hydrogen-bond acceptors (Lipinski definition) is 5. The van der Waals surface area contributed by atoms with E-state index in [1.54, 1.807) is 44.2 Å². The number of nitrogens with one attached hydrogen (secondary N) is 2. The van der Waals surface area contributed by atoms with Gasteiger partial charge in [-0.05, 0) is 56.7 Å². The average molecular weight is 387 g/mol. The molecule has 0 spiro atoms. The summed E-state index contributed by atoms with van der Waals surface area (Å²) < 4.78 is 5.56. The number of amides is 2. The smallest absolute Gasteiger partial charge is 0.267 e. The summed E-state index contributed by atoms with van der Waals surface area (Å²) in [6.45, 7) is 5.65. The Kier molecular flexibility index (Phi) is 9.79. The number of ether oxygens (including phenoxy) is 1. The summed E-state index contributed by atoms with van der Waals surface area (Å²) in [7, 11) is 0. The molecule has 1 atom stereocenters. The van der Waals surface area contributed by atoms with Crippen LogP contribution < -0.4 is 21.3 Å². The number of benzene rings is 1. The summed E-state index contributed by atoms with van der Waals surface area (Å²) in [4.78, 5) is 24.1. The summed E-state index contributed by atoms with van der Waals surface area (Å²) >= 11 is 0. The normalized spacial score (nSPS) is 12.0. The summed E-state index contributed by atoms with van der Waals surface area (Å²) in [6.07, 6.45) is 6.72. The topological polar surface area (TPSA) is 114 Å². The molecular formula is C21H29N3O4. The maximum absolute atomic E-state index is 12.3. The number of rotatable bonds is 9. The van der Waals surface area contributed by atoms with Crippen LogP contribution >= 0.6 is 0 Å². The third-order valence-electron chi connectivity index (χ3n) is 3.81. The minimum absolute atomic E-state index is 0.338. The first kappa shape index (κ1) is 23.2. The number of unbranched alkanes of at least 4 members (excludes halogenated alkanes) is 2. The van der Waals surface area contributed by atoms with Gasteiger partial charge in [0.25, 0.3) is 11.8 Å². The molecule has 0 radical (unpaired) electrons.